The normalized spacial score (nSPS) is 10.5. The molecule has 0 spiro atoms. The number of ether oxygens (including phenoxy) is 1. The fraction of sp³-hybridized carbons (Fsp3) is 0.333. The van der Waals surface area contributed by atoms with Gasteiger partial charge in [0, 0.05) is 0 Å². The predicted molar refractivity (Wildman–Crippen MR) is 43.8 cm³/mol. The van der Waals surface area contributed by atoms with Crippen molar-refractivity contribution < 1.29 is 18.6 Å². The maximum Gasteiger partial charge on any atom is 0.209 e. The van der Waals surface area contributed by atoms with Gasteiger partial charge in [-0.05, 0) is 26.0 Å². The summed E-state index contributed by atoms with van der Waals surface area (Å²) in [5.74, 6) is -3.02. The smallest absolute Gasteiger partial charge is 0.209 e. The van der Waals surface area contributed by atoms with Crippen molar-refractivity contribution >= 4 is 0 Å². The standard InChI is InChI=1S/C9H10F2O2/c1-5(2)13-9-6(10)3-4-7(12)8(9)11/h3-5,12H,1-2H3. The zero-order chi connectivity index (χ0) is 10.0. The summed E-state index contributed by atoms with van der Waals surface area (Å²) in [5, 5.41) is 8.92. The summed E-state index contributed by atoms with van der Waals surface area (Å²) in [6.45, 7) is 3.28. The molecule has 0 aliphatic heterocycles. The van der Waals surface area contributed by atoms with E-state index in [1.165, 1.54) is 0 Å². The summed E-state index contributed by atoms with van der Waals surface area (Å²) in [6.07, 6.45) is -0.342. The third kappa shape index (κ3) is 2.08. The second kappa shape index (κ2) is 3.60. The Bertz CT molecular complexity index is 311. The van der Waals surface area contributed by atoms with Crippen molar-refractivity contribution in [2.24, 2.45) is 0 Å². The highest BCUT2D eigenvalue weighted by molar-refractivity contribution is 5.36. The monoisotopic (exact) mass is 188 g/mol. The highest BCUT2D eigenvalue weighted by Crippen LogP contribution is 2.29. The molecule has 72 valence electrons. The van der Waals surface area contributed by atoms with Crippen molar-refractivity contribution in [2.45, 2.75) is 20.0 Å². The van der Waals surface area contributed by atoms with Gasteiger partial charge in [0.2, 0.25) is 5.82 Å². The Morgan fingerprint density at radius 3 is 2.46 bits per heavy atom. The van der Waals surface area contributed by atoms with Crippen LogP contribution in [-0.4, -0.2) is 11.2 Å². The van der Waals surface area contributed by atoms with Gasteiger partial charge in [0.1, 0.15) is 0 Å². The van der Waals surface area contributed by atoms with Crippen LogP contribution in [0, 0.1) is 11.6 Å². The molecule has 0 aliphatic rings. The molecule has 4 heteroatoms. The van der Waals surface area contributed by atoms with E-state index in [1.54, 1.807) is 13.8 Å². The second-order valence-electron chi connectivity index (χ2n) is 2.88. The molecule has 0 radical (unpaired) electrons. The van der Waals surface area contributed by atoms with Crippen LogP contribution in [0.15, 0.2) is 12.1 Å². The van der Waals surface area contributed by atoms with Crippen molar-refractivity contribution in [3.8, 4) is 11.5 Å². The van der Waals surface area contributed by atoms with Gasteiger partial charge in [-0.1, -0.05) is 0 Å². The fourth-order valence-electron chi connectivity index (χ4n) is 0.866. The van der Waals surface area contributed by atoms with Gasteiger partial charge in [0.05, 0.1) is 6.10 Å². The SMILES string of the molecule is CC(C)Oc1c(F)ccc(O)c1F. The molecule has 0 unspecified atom stereocenters. The quantitative estimate of drug-likeness (QED) is 0.772. The Hall–Kier alpha value is -1.32. The zero-order valence-corrected chi connectivity index (χ0v) is 7.34. The molecule has 0 amide bonds. The Kier molecular flexibility index (Phi) is 2.70. The molecule has 0 aliphatic carbocycles. The number of aromatic hydroxyl groups is 1. The highest BCUT2D eigenvalue weighted by Gasteiger charge is 2.15. The third-order valence-electron chi connectivity index (χ3n) is 1.38. The lowest BCUT2D eigenvalue weighted by molar-refractivity contribution is 0.216. The van der Waals surface area contributed by atoms with Gasteiger partial charge in [-0.3, -0.25) is 0 Å². The molecule has 1 aromatic rings. The maximum atomic E-state index is 13.0. The van der Waals surface area contributed by atoms with E-state index in [4.69, 9.17) is 9.84 Å². The first-order chi connectivity index (χ1) is 6.02. The molecule has 0 fully saturated rings. The molecule has 0 heterocycles. The summed E-state index contributed by atoms with van der Waals surface area (Å²) in [5.41, 5.74) is 0. The molecule has 0 saturated heterocycles. The van der Waals surface area contributed by atoms with Gasteiger partial charge in [0.25, 0.3) is 0 Å². The molecule has 13 heavy (non-hydrogen) atoms. The minimum absolute atomic E-state index is 0.342. The summed E-state index contributed by atoms with van der Waals surface area (Å²) < 4.78 is 30.8. The van der Waals surface area contributed by atoms with Crippen LogP contribution in [0.3, 0.4) is 0 Å². The minimum Gasteiger partial charge on any atom is -0.505 e. The topological polar surface area (TPSA) is 29.5 Å². The minimum atomic E-state index is -1.06. The molecular formula is C9H10F2O2. The summed E-state index contributed by atoms with van der Waals surface area (Å²) in [7, 11) is 0. The largest absolute Gasteiger partial charge is 0.505 e. The molecule has 2 nitrogen and oxygen atoms in total. The van der Waals surface area contributed by atoms with E-state index < -0.39 is 23.1 Å². The van der Waals surface area contributed by atoms with Gasteiger partial charge in [0.15, 0.2) is 17.3 Å². The maximum absolute atomic E-state index is 13.0. The van der Waals surface area contributed by atoms with E-state index in [2.05, 4.69) is 0 Å². The lowest BCUT2D eigenvalue weighted by Crippen LogP contribution is -2.08. The Morgan fingerprint density at radius 2 is 1.92 bits per heavy atom. The summed E-state index contributed by atoms with van der Waals surface area (Å²) >= 11 is 0. The van der Waals surface area contributed by atoms with E-state index in [1.807, 2.05) is 0 Å². The second-order valence-corrected chi connectivity index (χ2v) is 2.88. The van der Waals surface area contributed by atoms with E-state index in [9.17, 15) is 8.78 Å². The first kappa shape index (κ1) is 9.77. The summed E-state index contributed by atoms with van der Waals surface area (Å²) in [6, 6.07) is 1.90. The van der Waals surface area contributed by atoms with E-state index >= 15 is 0 Å². The van der Waals surface area contributed by atoms with Gasteiger partial charge in [-0.25, -0.2) is 4.39 Å². The fourth-order valence-corrected chi connectivity index (χ4v) is 0.866. The zero-order valence-electron chi connectivity index (χ0n) is 7.34. The van der Waals surface area contributed by atoms with Crippen molar-refractivity contribution in [3.63, 3.8) is 0 Å². The molecule has 1 N–H and O–H groups in total. The van der Waals surface area contributed by atoms with Gasteiger partial charge < -0.3 is 9.84 Å². The summed E-state index contributed by atoms with van der Waals surface area (Å²) in [4.78, 5) is 0. The van der Waals surface area contributed by atoms with Crippen LogP contribution in [0.1, 0.15) is 13.8 Å². The predicted octanol–water partition coefficient (Wildman–Crippen LogP) is 2.46. The molecule has 0 bridgehead atoms. The Morgan fingerprint density at radius 1 is 1.31 bits per heavy atom. The Balaban J connectivity index is 3.10. The number of rotatable bonds is 2. The number of phenols is 1. The highest BCUT2D eigenvalue weighted by atomic mass is 19.1. The lowest BCUT2D eigenvalue weighted by Gasteiger charge is -2.11. The van der Waals surface area contributed by atoms with Crippen LogP contribution in [0.4, 0.5) is 8.78 Å². The van der Waals surface area contributed by atoms with Crippen LogP contribution < -0.4 is 4.74 Å². The number of halogens is 2. The van der Waals surface area contributed by atoms with Crippen LogP contribution in [-0.2, 0) is 0 Å². The number of hydrogen-bond donors (Lipinski definition) is 1. The Labute approximate surface area is 74.8 Å². The first-order valence-corrected chi connectivity index (χ1v) is 3.86. The van der Waals surface area contributed by atoms with Crippen LogP contribution >= 0.6 is 0 Å². The molecule has 0 aromatic heterocycles. The van der Waals surface area contributed by atoms with Crippen molar-refractivity contribution in [3.05, 3.63) is 23.8 Å². The lowest BCUT2D eigenvalue weighted by atomic mass is 10.3. The number of phenolic OH excluding ortho intramolecular Hbond substituents is 1. The van der Waals surface area contributed by atoms with Crippen LogP contribution in [0.25, 0.3) is 0 Å². The van der Waals surface area contributed by atoms with Crippen LogP contribution in [0.2, 0.25) is 0 Å². The van der Waals surface area contributed by atoms with Gasteiger partial charge in [-0.15, -0.1) is 0 Å². The van der Waals surface area contributed by atoms with Crippen molar-refractivity contribution in [1.29, 1.82) is 0 Å². The molecule has 0 atom stereocenters. The van der Waals surface area contributed by atoms with E-state index in [-0.39, 0.29) is 6.10 Å². The average Bonchev–Trinajstić information content (AvgIpc) is 2.05. The number of hydrogen-bond acceptors (Lipinski definition) is 2. The van der Waals surface area contributed by atoms with Crippen molar-refractivity contribution in [2.75, 3.05) is 0 Å². The molecule has 1 aromatic carbocycles. The third-order valence-corrected chi connectivity index (χ3v) is 1.38. The first-order valence-electron chi connectivity index (χ1n) is 3.86. The van der Waals surface area contributed by atoms with E-state index in [0.717, 1.165) is 12.1 Å². The van der Waals surface area contributed by atoms with E-state index in [0.29, 0.717) is 0 Å². The average molecular weight is 188 g/mol. The number of benzene rings is 1. The van der Waals surface area contributed by atoms with Gasteiger partial charge in [-0.2, -0.15) is 4.39 Å². The van der Waals surface area contributed by atoms with Crippen molar-refractivity contribution in [1.82, 2.24) is 0 Å². The molecule has 0 saturated carbocycles. The van der Waals surface area contributed by atoms with Crippen LogP contribution in [0.5, 0.6) is 11.5 Å². The molecule has 1 rings (SSSR count). The van der Waals surface area contributed by atoms with Gasteiger partial charge >= 0.3 is 0 Å². The molecular weight excluding hydrogens is 178 g/mol.